The van der Waals surface area contributed by atoms with E-state index in [9.17, 15) is 9.59 Å². The van der Waals surface area contributed by atoms with Gasteiger partial charge in [0.2, 0.25) is 11.8 Å². The Morgan fingerprint density at radius 1 is 1.20 bits per heavy atom. The van der Waals surface area contributed by atoms with Gasteiger partial charge >= 0.3 is 0 Å². The lowest BCUT2D eigenvalue weighted by molar-refractivity contribution is -0.135. The van der Waals surface area contributed by atoms with Gasteiger partial charge in [0.15, 0.2) is 0 Å². The Morgan fingerprint density at radius 2 is 2.00 bits per heavy atom. The second kappa shape index (κ2) is 8.43. The Labute approximate surface area is 148 Å². The molecule has 2 heterocycles. The zero-order chi connectivity index (χ0) is 17.6. The van der Waals surface area contributed by atoms with Gasteiger partial charge in [-0.1, -0.05) is 25.3 Å². The van der Waals surface area contributed by atoms with E-state index >= 15 is 0 Å². The molecule has 136 valence electrons. The molecule has 3 rings (SSSR count). The summed E-state index contributed by atoms with van der Waals surface area (Å²) in [4.78, 5) is 30.3. The first kappa shape index (κ1) is 17.9. The van der Waals surface area contributed by atoms with Crippen molar-refractivity contribution in [1.82, 2.24) is 9.88 Å². The van der Waals surface area contributed by atoms with Crippen molar-refractivity contribution in [2.75, 3.05) is 26.3 Å². The molecule has 1 aliphatic heterocycles. The number of aromatic nitrogens is 1. The molecule has 2 amide bonds. The fourth-order valence-corrected chi connectivity index (χ4v) is 4.07. The van der Waals surface area contributed by atoms with E-state index in [1.807, 2.05) is 23.1 Å². The van der Waals surface area contributed by atoms with Crippen molar-refractivity contribution in [3.05, 3.63) is 30.1 Å². The number of likely N-dealkylation sites (tertiary alicyclic amines) is 1. The largest absolute Gasteiger partial charge is 0.371 e. The number of nitrogens with two attached hydrogens (primary N) is 1. The zero-order valence-corrected chi connectivity index (χ0v) is 14.6. The monoisotopic (exact) mass is 345 g/mol. The fraction of sp³-hybridized carbons (Fsp3) is 0.632. The molecule has 2 atom stereocenters. The van der Waals surface area contributed by atoms with Gasteiger partial charge in [-0.15, -0.1) is 0 Å². The fourth-order valence-electron chi connectivity index (χ4n) is 4.07. The van der Waals surface area contributed by atoms with Gasteiger partial charge in [0.25, 0.3) is 0 Å². The topological polar surface area (TPSA) is 85.5 Å². The van der Waals surface area contributed by atoms with Crippen molar-refractivity contribution in [2.24, 2.45) is 17.6 Å². The third-order valence-corrected chi connectivity index (χ3v) is 5.35. The third kappa shape index (κ3) is 4.57. The van der Waals surface area contributed by atoms with Crippen LogP contribution in [0.4, 0.5) is 0 Å². The van der Waals surface area contributed by atoms with Crippen LogP contribution in [0.1, 0.15) is 43.7 Å². The summed E-state index contributed by atoms with van der Waals surface area (Å²) in [5.41, 5.74) is 6.14. The molecule has 6 heteroatoms. The highest BCUT2D eigenvalue weighted by molar-refractivity contribution is 5.79. The number of nitrogens with zero attached hydrogens (tertiary/aromatic N) is 2. The predicted octanol–water partition coefficient (Wildman–Crippen LogP) is 1.71. The summed E-state index contributed by atoms with van der Waals surface area (Å²) in [6.07, 6.45) is 7.34. The summed E-state index contributed by atoms with van der Waals surface area (Å²) >= 11 is 0. The summed E-state index contributed by atoms with van der Waals surface area (Å²) < 4.78 is 5.46. The molecular weight excluding hydrogens is 318 g/mol. The molecule has 2 fully saturated rings. The first-order valence-corrected chi connectivity index (χ1v) is 9.21. The minimum absolute atomic E-state index is 0.0813. The number of ether oxygens (including phenoxy) is 1. The standard InChI is InChI=1S/C19H27N3O3/c20-18(23)13-25-12-15-10-22(19(24)14-6-2-1-3-7-14)11-16(15)17-8-4-5-9-21-17/h4-5,8-9,14-16H,1-3,6-7,10-13H2,(H2,20,23)/t15-,16+/m0/s1. The van der Waals surface area contributed by atoms with Crippen LogP contribution in [0.3, 0.4) is 0 Å². The van der Waals surface area contributed by atoms with Gasteiger partial charge in [-0.25, -0.2) is 0 Å². The van der Waals surface area contributed by atoms with Crippen molar-refractivity contribution in [3.63, 3.8) is 0 Å². The minimum Gasteiger partial charge on any atom is -0.371 e. The van der Waals surface area contributed by atoms with E-state index in [2.05, 4.69) is 4.98 Å². The van der Waals surface area contributed by atoms with Crippen LogP contribution in [0.15, 0.2) is 24.4 Å². The van der Waals surface area contributed by atoms with E-state index in [0.717, 1.165) is 31.4 Å². The molecule has 0 unspecified atom stereocenters. The first-order valence-electron chi connectivity index (χ1n) is 9.21. The second-order valence-corrected chi connectivity index (χ2v) is 7.18. The Kier molecular flexibility index (Phi) is 6.02. The molecule has 2 aliphatic rings. The van der Waals surface area contributed by atoms with Crippen LogP contribution in [0.2, 0.25) is 0 Å². The number of primary amides is 1. The molecule has 25 heavy (non-hydrogen) atoms. The van der Waals surface area contributed by atoms with Gasteiger partial charge < -0.3 is 15.4 Å². The van der Waals surface area contributed by atoms with E-state index < -0.39 is 5.91 Å². The van der Waals surface area contributed by atoms with Gasteiger partial charge in [0.05, 0.1) is 6.61 Å². The highest BCUT2D eigenvalue weighted by Gasteiger charge is 2.39. The van der Waals surface area contributed by atoms with Gasteiger partial charge in [0.1, 0.15) is 6.61 Å². The molecule has 1 saturated carbocycles. The van der Waals surface area contributed by atoms with E-state index in [1.54, 1.807) is 6.20 Å². The summed E-state index contributed by atoms with van der Waals surface area (Å²) in [6.45, 7) is 1.67. The second-order valence-electron chi connectivity index (χ2n) is 7.18. The Morgan fingerprint density at radius 3 is 2.68 bits per heavy atom. The summed E-state index contributed by atoms with van der Waals surface area (Å²) in [7, 11) is 0. The molecule has 1 saturated heterocycles. The molecule has 2 N–H and O–H groups in total. The molecule has 1 aliphatic carbocycles. The molecule has 1 aromatic heterocycles. The number of carbonyl (C=O) groups is 2. The van der Waals surface area contributed by atoms with E-state index in [-0.39, 0.29) is 30.3 Å². The Balaban J connectivity index is 1.68. The lowest BCUT2D eigenvalue weighted by atomic mass is 9.88. The number of hydrogen-bond donors (Lipinski definition) is 1. The number of rotatable bonds is 6. The van der Waals surface area contributed by atoms with Crippen molar-refractivity contribution < 1.29 is 14.3 Å². The van der Waals surface area contributed by atoms with Crippen molar-refractivity contribution in [2.45, 2.75) is 38.0 Å². The SMILES string of the molecule is NC(=O)COC[C@@H]1CN(C(=O)C2CCCCC2)C[C@H]1c1ccccn1. The normalized spacial score (nSPS) is 24.4. The van der Waals surface area contributed by atoms with Crippen molar-refractivity contribution in [1.29, 1.82) is 0 Å². The van der Waals surface area contributed by atoms with E-state index in [4.69, 9.17) is 10.5 Å². The Bertz CT molecular complexity index is 587. The van der Waals surface area contributed by atoms with Crippen LogP contribution in [-0.2, 0) is 14.3 Å². The average molecular weight is 345 g/mol. The van der Waals surface area contributed by atoms with Crippen LogP contribution in [0.5, 0.6) is 0 Å². The molecule has 0 aromatic carbocycles. The highest BCUT2D eigenvalue weighted by atomic mass is 16.5. The molecule has 1 aromatic rings. The maximum absolute atomic E-state index is 12.9. The zero-order valence-electron chi connectivity index (χ0n) is 14.6. The molecule has 0 spiro atoms. The third-order valence-electron chi connectivity index (χ3n) is 5.35. The maximum Gasteiger partial charge on any atom is 0.243 e. The van der Waals surface area contributed by atoms with Crippen molar-refractivity contribution in [3.8, 4) is 0 Å². The summed E-state index contributed by atoms with van der Waals surface area (Å²) in [5, 5.41) is 0. The van der Waals surface area contributed by atoms with Crippen LogP contribution >= 0.6 is 0 Å². The lowest BCUT2D eigenvalue weighted by Gasteiger charge is -2.26. The predicted molar refractivity (Wildman–Crippen MR) is 93.6 cm³/mol. The number of hydrogen-bond acceptors (Lipinski definition) is 4. The number of carbonyl (C=O) groups excluding carboxylic acids is 2. The lowest BCUT2D eigenvalue weighted by Crippen LogP contribution is -2.35. The minimum atomic E-state index is -0.470. The highest BCUT2D eigenvalue weighted by Crippen LogP contribution is 2.34. The average Bonchev–Trinajstić information content (AvgIpc) is 3.06. The number of amides is 2. The van der Waals surface area contributed by atoms with E-state index in [1.165, 1.54) is 6.42 Å². The molecule has 6 nitrogen and oxygen atoms in total. The quantitative estimate of drug-likeness (QED) is 0.850. The summed E-state index contributed by atoms with van der Waals surface area (Å²) in [5.74, 6) is 0.257. The van der Waals surface area contributed by atoms with Gasteiger partial charge in [-0.3, -0.25) is 14.6 Å². The van der Waals surface area contributed by atoms with Crippen LogP contribution in [-0.4, -0.2) is 48.0 Å². The van der Waals surface area contributed by atoms with Crippen molar-refractivity contribution >= 4 is 11.8 Å². The Hall–Kier alpha value is -1.95. The molecule has 0 radical (unpaired) electrons. The van der Waals surface area contributed by atoms with Gasteiger partial charge in [0, 0.05) is 42.7 Å². The molecular formula is C19H27N3O3. The summed E-state index contributed by atoms with van der Waals surface area (Å²) in [6, 6.07) is 5.86. The van der Waals surface area contributed by atoms with Crippen LogP contribution in [0.25, 0.3) is 0 Å². The number of pyridine rings is 1. The molecule has 0 bridgehead atoms. The smallest absolute Gasteiger partial charge is 0.243 e. The maximum atomic E-state index is 12.9. The first-order chi connectivity index (χ1) is 12.1. The van der Waals surface area contributed by atoms with Gasteiger partial charge in [-0.2, -0.15) is 0 Å². The van der Waals surface area contributed by atoms with Crippen LogP contribution < -0.4 is 5.73 Å². The van der Waals surface area contributed by atoms with Crippen LogP contribution in [0, 0.1) is 11.8 Å². The van der Waals surface area contributed by atoms with E-state index in [0.29, 0.717) is 19.7 Å². The van der Waals surface area contributed by atoms with Gasteiger partial charge in [-0.05, 0) is 25.0 Å².